The van der Waals surface area contributed by atoms with Crippen LogP contribution in [0.4, 0.5) is 0 Å². The van der Waals surface area contributed by atoms with E-state index in [1.165, 1.54) is 186 Å². The Bertz CT molecular complexity index is 2120. The topological polar surface area (TPSA) is 175 Å². The number of azide groups is 1. The van der Waals surface area contributed by atoms with Gasteiger partial charge < -0.3 is 39.6 Å². The number of benzene rings is 3. The second-order valence-electron chi connectivity index (χ2n) is 26.3. The van der Waals surface area contributed by atoms with E-state index in [9.17, 15) is 20.1 Å². The van der Waals surface area contributed by atoms with Crippen LogP contribution in [0.15, 0.2) is 96.1 Å². The number of hydrogen-bond donors (Lipinski definition) is 4. The molecule has 9 atom stereocenters. The summed E-state index contributed by atoms with van der Waals surface area (Å²) in [7, 11) is 0. The first-order chi connectivity index (χ1) is 43.8. The number of aliphatic hydroxyl groups excluding tert-OH is 3. The summed E-state index contributed by atoms with van der Waals surface area (Å²) in [6.07, 6.45) is 41.6. The zero-order valence-electron chi connectivity index (χ0n) is 56.3. The number of amides is 1. The van der Waals surface area contributed by atoms with Gasteiger partial charge in [0.15, 0.2) is 0 Å². The Morgan fingerprint density at radius 3 is 1.22 bits per heavy atom. The highest BCUT2D eigenvalue weighted by atomic mass is 16.6. The Kier molecular flexibility index (Phi) is 46.8. The smallest absolute Gasteiger partial charge is 0.220 e. The maximum absolute atomic E-state index is 14.2. The van der Waals surface area contributed by atoms with E-state index < -0.39 is 54.9 Å². The van der Waals surface area contributed by atoms with Gasteiger partial charge in [-0.15, -0.1) is 0 Å². The van der Waals surface area contributed by atoms with E-state index in [1.807, 2.05) is 91.0 Å². The summed E-state index contributed by atoms with van der Waals surface area (Å²) in [5.41, 5.74) is 11.7. The molecule has 0 bridgehead atoms. The summed E-state index contributed by atoms with van der Waals surface area (Å²) in [6, 6.07) is 29.0. The van der Waals surface area contributed by atoms with Crippen LogP contribution < -0.4 is 5.32 Å². The van der Waals surface area contributed by atoms with Crippen molar-refractivity contribution in [3.63, 3.8) is 0 Å². The number of ether oxygens (including phenoxy) is 4. The van der Waals surface area contributed by atoms with Gasteiger partial charge in [-0.3, -0.25) is 4.79 Å². The quantitative estimate of drug-likeness (QED) is 0.0187. The standard InChI is InChI=1S/C77H128N4O8/c1-3-5-7-9-11-13-15-17-18-19-20-21-22-23-24-25-26-27-29-31-33-35-49-59-72(84)80-68(73(85)69(82)57-47-34-32-30-28-16-14-12-10-8-6-4-2)61-71-75(86-62-65-51-41-38-42-52-65)77(88-64-67-55-45-40-46-56-67)76(87-63-66-53-43-39-44-54-66)74(89-71)70(83)58-48-36-37-50-60-79-81-78/h38-46,51-56,68-71,73-77,82-83,85H,3-37,47-50,57-64H2,1-2H3,(H,80,84)/t68-,69+,70?,71+,73-,74+,75-,76-,77+/m0/s1. The Balaban J connectivity index is 1.43. The van der Waals surface area contributed by atoms with Gasteiger partial charge in [0.05, 0.1) is 44.2 Å². The fourth-order valence-electron chi connectivity index (χ4n) is 12.9. The van der Waals surface area contributed by atoms with E-state index in [2.05, 4.69) is 29.2 Å². The molecule has 1 fully saturated rings. The number of carbonyl (C=O) groups is 1. The highest BCUT2D eigenvalue weighted by molar-refractivity contribution is 5.76. The summed E-state index contributed by atoms with van der Waals surface area (Å²) in [4.78, 5) is 17.1. The zero-order chi connectivity index (χ0) is 63.3. The maximum Gasteiger partial charge on any atom is 0.220 e. The average molecular weight is 1240 g/mol. The van der Waals surface area contributed by atoms with Crippen molar-refractivity contribution in [2.24, 2.45) is 5.11 Å². The molecular weight excluding hydrogens is 1110 g/mol. The minimum Gasteiger partial charge on any atom is -0.390 e. The van der Waals surface area contributed by atoms with Crippen molar-refractivity contribution in [2.75, 3.05) is 6.54 Å². The SMILES string of the molecule is CCCCCCCCCCCCCCCCCCCCCCCCCC(=O)N[C@@H](C[C@H]1O[C@H](C(O)CCCCCCN=[N+]=[N-])[C@H](OCc2ccccc2)[C@H](OCc2ccccc2)[C@H]1OCc1ccccc1)[C@H](O)[C@H](O)CCCCCCCCCCCCCC. The van der Waals surface area contributed by atoms with Gasteiger partial charge >= 0.3 is 0 Å². The summed E-state index contributed by atoms with van der Waals surface area (Å²) in [5.74, 6) is -0.161. The second kappa shape index (κ2) is 53.6. The third-order valence-corrected chi connectivity index (χ3v) is 18.5. The van der Waals surface area contributed by atoms with E-state index in [-0.39, 0.29) is 32.1 Å². The number of carbonyl (C=O) groups excluding carboxylic acids is 1. The molecule has 0 aliphatic carbocycles. The molecule has 0 aromatic heterocycles. The first kappa shape index (κ1) is 77.6. The number of rotatable bonds is 59. The molecule has 0 saturated carbocycles. The molecule has 1 heterocycles. The van der Waals surface area contributed by atoms with Crippen LogP contribution in [0.25, 0.3) is 10.4 Å². The summed E-state index contributed by atoms with van der Waals surface area (Å²) in [6.45, 7) is 5.69. The van der Waals surface area contributed by atoms with Crippen LogP contribution in [0.3, 0.4) is 0 Å². The Hall–Kier alpha value is -3.84. The van der Waals surface area contributed by atoms with Crippen molar-refractivity contribution in [2.45, 2.75) is 365 Å². The van der Waals surface area contributed by atoms with Crippen molar-refractivity contribution < 1.29 is 39.1 Å². The second-order valence-corrected chi connectivity index (χ2v) is 26.3. The van der Waals surface area contributed by atoms with E-state index in [0.717, 1.165) is 74.5 Å². The fourth-order valence-corrected chi connectivity index (χ4v) is 12.9. The van der Waals surface area contributed by atoms with Gasteiger partial charge in [0, 0.05) is 17.9 Å². The molecular formula is C77H128N4O8. The highest BCUT2D eigenvalue weighted by Gasteiger charge is 2.51. The molecule has 1 amide bonds. The lowest BCUT2D eigenvalue weighted by atomic mass is 9.85. The maximum atomic E-state index is 14.2. The third kappa shape index (κ3) is 37.5. The van der Waals surface area contributed by atoms with Crippen LogP contribution >= 0.6 is 0 Å². The molecule has 504 valence electrons. The Morgan fingerprint density at radius 2 is 0.820 bits per heavy atom. The van der Waals surface area contributed by atoms with Gasteiger partial charge in [0.1, 0.15) is 30.5 Å². The lowest BCUT2D eigenvalue weighted by Gasteiger charge is -2.48. The molecule has 4 N–H and O–H groups in total. The van der Waals surface area contributed by atoms with Crippen molar-refractivity contribution in [1.29, 1.82) is 0 Å². The molecule has 3 aromatic rings. The molecule has 0 radical (unpaired) electrons. The van der Waals surface area contributed by atoms with Crippen LogP contribution in [0, 0.1) is 0 Å². The molecule has 1 unspecified atom stereocenters. The molecule has 1 saturated heterocycles. The van der Waals surface area contributed by atoms with E-state index in [1.54, 1.807) is 0 Å². The van der Waals surface area contributed by atoms with Gasteiger partial charge in [-0.2, -0.15) is 0 Å². The molecule has 1 aliphatic rings. The molecule has 89 heavy (non-hydrogen) atoms. The zero-order valence-corrected chi connectivity index (χ0v) is 56.3. The normalized spacial score (nSPS) is 18.1. The fraction of sp³-hybridized carbons (Fsp3) is 0.753. The largest absolute Gasteiger partial charge is 0.390 e. The first-order valence-corrected chi connectivity index (χ1v) is 36.8. The first-order valence-electron chi connectivity index (χ1n) is 36.8. The molecule has 3 aromatic carbocycles. The highest BCUT2D eigenvalue weighted by Crippen LogP contribution is 2.36. The van der Waals surface area contributed by atoms with E-state index in [4.69, 9.17) is 24.5 Å². The lowest BCUT2D eigenvalue weighted by molar-refractivity contribution is -0.283. The Labute approximate surface area is 542 Å². The average Bonchev–Trinajstić information content (AvgIpc) is 2.08. The number of nitrogens with zero attached hydrogens (tertiary/aromatic N) is 3. The van der Waals surface area contributed by atoms with Crippen LogP contribution in [0.1, 0.15) is 307 Å². The Morgan fingerprint density at radius 1 is 0.472 bits per heavy atom. The van der Waals surface area contributed by atoms with Crippen molar-refractivity contribution >= 4 is 5.91 Å². The molecule has 12 heteroatoms. The van der Waals surface area contributed by atoms with Gasteiger partial charge in [0.2, 0.25) is 5.91 Å². The van der Waals surface area contributed by atoms with E-state index in [0.29, 0.717) is 32.2 Å². The molecule has 0 spiro atoms. The number of hydrogen-bond acceptors (Lipinski definition) is 9. The van der Waals surface area contributed by atoms with Crippen LogP contribution in [-0.2, 0) is 43.6 Å². The minimum atomic E-state index is -1.29. The minimum absolute atomic E-state index is 0.0977. The van der Waals surface area contributed by atoms with Crippen molar-refractivity contribution in [3.8, 4) is 0 Å². The number of nitrogens with one attached hydrogen (secondary N) is 1. The third-order valence-electron chi connectivity index (χ3n) is 18.5. The molecule has 1 aliphatic heterocycles. The summed E-state index contributed by atoms with van der Waals surface area (Å²) in [5, 5.41) is 43.6. The van der Waals surface area contributed by atoms with Crippen LogP contribution in [0.2, 0.25) is 0 Å². The van der Waals surface area contributed by atoms with Crippen LogP contribution in [0.5, 0.6) is 0 Å². The van der Waals surface area contributed by atoms with Gasteiger partial charge in [-0.05, 0) is 54.3 Å². The van der Waals surface area contributed by atoms with Crippen molar-refractivity contribution in [3.05, 3.63) is 118 Å². The number of unbranched alkanes of at least 4 members (excludes halogenated alkanes) is 36. The number of aliphatic hydroxyl groups is 3. The molecule has 4 rings (SSSR count). The monoisotopic (exact) mass is 1240 g/mol. The van der Waals surface area contributed by atoms with Gasteiger partial charge in [-0.25, -0.2) is 0 Å². The van der Waals surface area contributed by atoms with Crippen molar-refractivity contribution in [1.82, 2.24) is 5.32 Å². The predicted octanol–water partition coefficient (Wildman–Crippen LogP) is 20.2. The summed E-state index contributed by atoms with van der Waals surface area (Å²) >= 11 is 0. The van der Waals surface area contributed by atoms with E-state index >= 15 is 0 Å². The lowest BCUT2D eigenvalue weighted by Crippen LogP contribution is -2.64. The summed E-state index contributed by atoms with van der Waals surface area (Å²) < 4.78 is 28.2. The molecule has 12 nitrogen and oxygen atoms in total. The van der Waals surface area contributed by atoms with Gasteiger partial charge in [-0.1, -0.05) is 348 Å². The predicted molar refractivity (Wildman–Crippen MR) is 368 cm³/mol. The van der Waals surface area contributed by atoms with Crippen LogP contribution in [-0.4, -0.2) is 82.6 Å². The van der Waals surface area contributed by atoms with Gasteiger partial charge in [0.25, 0.3) is 0 Å².